The van der Waals surface area contributed by atoms with Crippen molar-refractivity contribution >= 4 is 23.0 Å². The number of nitrogens with zero attached hydrogens (tertiary/aromatic N) is 1. The molecule has 6 nitrogen and oxygen atoms in total. The third kappa shape index (κ3) is 2.60. The second-order valence-electron chi connectivity index (χ2n) is 3.33. The number of oxazole rings is 1. The summed E-state index contributed by atoms with van der Waals surface area (Å²) in [5, 5.41) is 0. The molecule has 0 saturated carbocycles. The maximum Gasteiger partial charge on any atom is 0.404 e. The van der Waals surface area contributed by atoms with E-state index in [-0.39, 0.29) is 24.7 Å². The number of ether oxygens (including phenoxy) is 1. The highest BCUT2D eigenvalue weighted by Gasteiger charge is 2.14. The number of rotatable bonds is 4. The molecule has 0 unspecified atom stereocenters. The summed E-state index contributed by atoms with van der Waals surface area (Å²) in [6.07, 6.45) is -0.911. The van der Waals surface area contributed by atoms with Gasteiger partial charge in [0.25, 0.3) is 5.89 Å². The van der Waals surface area contributed by atoms with Crippen LogP contribution in [0.3, 0.4) is 0 Å². The first-order chi connectivity index (χ1) is 8.16. The van der Waals surface area contributed by atoms with Crippen molar-refractivity contribution in [1.82, 2.24) is 4.98 Å². The number of nitrogens with two attached hydrogens (primary N) is 1. The molecule has 0 radical (unpaired) electrons. The van der Waals surface area contributed by atoms with Gasteiger partial charge in [0, 0.05) is 0 Å². The fraction of sp³-hybridized carbons (Fsp3) is 0.182. The zero-order valence-electron chi connectivity index (χ0n) is 8.88. The lowest BCUT2D eigenvalue weighted by molar-refractivity contribution is 0.0909. The summed E-state index contributed by atoms with van der Waals surface area (Å²) >= 11 is 0. The summed E-state index contributed by atoms with van der Waals surface area (Å²) in [5.74, 6) is -0.318. The van der Waals surface area contributed by atoms with E-state index >= 15 is 0 Å². The lowest BCUT2D eigenvalue weighted by atomic mass is 10.3. The molecule has 2 N–H and O–H groups in total. The van der Waals surface area contributed by atoms with Crippen LogP contribution in [-0.4, -0.2) is 23.5 Å². The van der Waals surface area contributed by atoms with E-state index in [0.717, 1.165) is 0 Å². The van der Waals surface area contributed by atoms with Crippen LogP contribution in [0.2, 0.25) is 0 Å². The van der Waals surface area contributed by atoms with E-state index in [9.17, 15) is 9.59 Å². The number of aromatic nitrogens is 1. The second kappa shape index (κ2) is 4.65. The van der Waals surface area contributed by atoms with Gasteiger partial charge in [0.1, 0.15) is 12.1 Å². The van der Waals surface area contributed by atoms with Crippen molar-refractivity contribution in [2.45, 2.75) is 6.42 Å². The summed E-state index contributed by atoms with van der Waals surface area (Å²) in [5.41, 5.74) is 5.93. The number of hydrogen-bond donors (Lipinski definition) is 1. The molecule has 0 atom stereocenters. The number of Topliss-reactive ketones (excluding diaryl/α,β-unsaturated/α-hetero) is 1. The largest absolute Gasteiger partial charge is 0.449 e. The monoisotopic (exact) mass is 234 g/mol. The van der Waals surface area contributed by atoms with Crippen molar-refractivity contribution in [1.29, 1.82) is 0 Å². The van der Waals surface area contributed by atoms with Crippen LogP contribution in [-0.2, 0) is 4.74 Å². The van der Waals surface area contributed by atoms with Gasteiger partial charge in [-0.15, -0.1) is 0 Å². The topological polar surface area (TPSA) is 95.4 Å². The van der Waals surface area contributed by atoms with Crippen LogP contribution in [0.15, 0.2) is 28.7 Å². The van der Waals surface area contributed by atoms with Gasteiger partial charge in [0.2, 0.25) is 5.78 Å². The number of carbonyl (C=O) groups excluding carboxylic acids is 2. The minimum Gasteiger partial charge on any atom is -0.449 e. The molecule has 17 heavy (non-hydrogen) atoms. The molecule has 0 fully saturated rings. The van der Waals surface area contributed by atoms with Gasteiger partial charge in [-0.3, -0.25) is 4.79 Å². The predicted molar refractivity (Wildman–Crippen MR) is 58.5 cm³/mol. The maximum atomic E-state index is 11.6. The second-order valence-corrected chi connectivity index (χ2v) is 3.33. The minimum atomic E-state index is -0.907. The fourth-order valence-electron chi connectivity index (χ4n) is 1.34. The molecule has 2 rings (SSSR count). The predicted octanol–water partition coefficient (Wildman–Crippen LogP) is 1.50. The molecule has 0 aliphatic heterocycles. The Balaban J connectivity index is 2.06. The third-order valence-electron chi connectivity index (χ3n) is 2.11. The van der Waals surface area contributed by atoms with E-state index in [1.54, 1.807) is 24.3 Å². The molecule has 88 valence electrons. The minimum absolute atomic E-state index is 0.00420. The van der Waals surface area contributed by atoms with Gasteiger partial charge in [-0.05, 0) is 12.1 Å². The van der Waals surface area contributed by atoms with Gasteiger partial charge in [0.15, 0.2) is 5.58 Å². The number of primary amides is 1. The van der Waals surface area contributed by atoms with Crippen LogP contribution in [0.1, 0.15) is 17.1 Å². The molecule has 1 heterocycles. The number of amides is 1. The Morgan fingerprint density at radius 2 is 2.12 bits per heavy atom. The zero-order chi connectivity index (χ0) is 12.3. The molecule has 1 aromatic carbocycles. The Morgan fingerprint density at radius 3 is 2.82 bits per heavy atom. The number of hydrogen-bond acceptors (Lipinski definition) is 5. The maximum absolute atomic E-state index is 11.6. The van der Waals surface area contributed by atoms with Crippen LogP contribution in [0.4, 0.5) is 4.79 Å². The SMILES string of the molecule is NC(=O)OCCC(=O)c1nc2ccccc2o1. The van der Waals surface area contributed by atoms with E-state index in [2.05, 4.69) is 9.72 Å². The molecule has 2 aromatic rings. The Kier molecular flexibility index (Phi) is 3.04. The first-order valence-electron chi connectivity index (χ1n) is 4.98. The molecular weight excluding hydrogens is 224 g/mol. The van der Waals surface area contributed by atoms with Gasteiger partial charge >= 0.3 is 6.09 Å². The molecule has 0 aliphatic rings. The molecule has 0 aliphatic carbocycles. The van der Waals surface area contributed by atoms with Crippen molar-refractivity contribution in [2.75, 3.05) is 6.61 Å². The van der Waals surface area contributed by atoms with Crippen LogP contribution < -0.4 is 5.73 Å². The van der Waals surface area contributed by atoms with Crippen LogP contribution >= 0.6 is 0 Å². The molecule has 0 saturated heterocycles. The highest BCUT2D eigenvalue weighted by Crippen LogP contribution is 2.15. The van der Waals surface area contributed by atoms with Gasteiger partial charge in [-0.1, -0.05) is 12.1 Å². The molecule has 6 heteroatoms. The van der Waals surface area contributed by atoms with Gasteiger partial charge in [-0.25, -0.2) is 9.78 Å². The average molecular weight is 234 g/mol. The highest BCUT2D eigenvalue weighted by molar-refractivity contribution is 5.94. The van der Waals surface area contributed by atoms with Crippen molar-refractivity contribution in [3.63, 3.8) is 0 Å². The Bertz CT molecular complexity index is 528. The van der Waals surface area contributed by atoms with E-state index < -0.39 is 6.09 Å². The number of benzene rings is 1. The molecular formula is C11H10N2O4. The summed E-state index contributed by atoms with van der Waals surface area (Å²) < 4.78 is 9.71. The highest BCUT2D eigenvalue weighted by atomic mass is 16.5. The normalized spacial score (nSPS) is 10.4. The van der Waals surface area contributed by atoms with Crippen molar-refractivity contribution in [3.8, 4) is 0 Å². The van der Waals surface area contributed by atoms with Crippen LogP contribution in [0.5, 0.6) is 0 Å². The van der Waals surface area contributed by atoms with Gasteiger partial charge < -0.3 is 14.9 Å². The molecule has 0 bridgehead atoms. The number of fused-ring (bicyclic) bond motifs is 1. The lowest BCUT2D eigenvalue weighted by Gasteiger charge is -1.97. The first-order valence-corrected chi connectivity index (χ1v) is 4.98. The lowest BCUT2D eigenvalue weighted by Crippen LogP contribution is -2.15. The standard InChI is InChI=1S/C11H10N2O4/c12-11(15)16-6-5-8(14)10-13-7-3-1-2-4-9(7)17-10/h1-4H,5-6H2,(H2,12,15). The van der Waals surface area contributed by atoms with E-state index in [1.165, 1.54) is 0 Å². The number of para-hydroxylation sites is 2. The smallest absolute Gasteiger partial charge is 0.404 e. The number of ketones is 1. The summed E-state index contributed by atoms with van der Waals surface area (Å²) in [6, 6.07) is 7.06. The van der Waals surface area contributed by atoms with Crippen molar-refractivity contribution in [3.05, 3.63) is 30.2 Å². The zero-order valence-corrected chi connectivity index (χ0v) is 8.88. The van der Waals surface area contributed by atoms with Crippen LogP contribution in [0, 0.1) is 0 Å². The molecule has 1 aromatic heterocycles. The Hall–Kier alpha value is -2.37. The van der Waals surface area contributed by atoms with Crippen LogP contribution in [0.25, 0.3) is 11.1 Å². The average Bonchev–Trinajstić information content (AvgIpc) is 2.71. The Morgan fingerprint density at radius 1 is 1.35 bits per heavy atom. The van der Waals surface area contributed by atoms with E-state index in [0.29, 0.717) is 11.1 Å². The van der Waals surface area contributed by atoms with E-state index in [1.807, 2.05) is 0 Å². The fourth-order valence-corrected chi connectivity index (χ4v) is 1.34. The summed E-state index contributed by atoms with van der Waals surface area (Å²) in [4.78, 5) is 25.9. The van der Waals surface area contributed by atoms with E-state index in [4.69, 9.17) is 10.2 Å². The third-order valence-corrected chi connectivity index (χ3v) is 2.11. The Labute approximate surface area is 96.4 Å². The summed E-state index contributed by atoms with van der Waals surface area (Å²) in [6.45, 7) is -0.0765. The number of carbonyl (C=O) groups is 2. The van der Waals surface area contributed by atoms with Crippen molar-refractivity contribution < 1.29 is 18.7 Å². The van der Waals surface area contributed by atoms with Gasteiger partial charge in [0.05, 0.1) is 6.42 Å². The molecule has 0 spiro atoms. The van der Waals surface area contributed by atoms with Crippen molar-refractivity contribution in [2.24, 2.45) is 5.73 Å². The summed E-state index contributed by atoms with van der Waals surface area (Å²) in [7, 11) is 0. The molecule has 1 amide bonds. The van der Waals surface area contributed by atoms with Gasteiger partial charge in [-0.2, -0.15) is 0 Å². The quantitative estimate of drug-likeness (QED) is 0.808. The first kappa shape index (κ1) is 11.1.